The molecule has 2 aliphatic rings. The van der Waals surface area contributed by atoms with E-state index in [2.05, 4.69) is 20.2 Å². The van der Waals surface area contributed by atoms with E-state index in [1.54, 1.807) is 24.7 Å². The molecule has 0 radical (unpaired) electrons. The first-order chi connectivity index (χ1) is 14.1. The Hall–Kier alpha value is -2.61. The molecule has 5 rings (SSSR count). The summed E-state index contributed by atoms with van der Waals surface area (Å²) in [6, 6.07) is 9.50. The van der Waals surface area contributed by atoms with Gasteiger partial charge in [-0.1, -0.05) is 23.2 Å². The summed E-state index contributed by atoms with van der Waals surface area (Å²) in [6.45, 7) is 1.77. The Morgan fingerprint density at radius 1 is 1.14 bits per heavy atom. The molecule has 0 spiro atoms. The molecular formula is C20H18Cl2N6O. The molecule has 1 unspecified atom stereocenters. The van der Waals surface area contributed by atoms with E-state index in [1.807, 2.05) is 29.2 Å². The van der Waals surface area contributed by atoms with Gasteiger partial charge in [-0.15, -0.1) is 0 Å². The van der Waals surface area contributed by atoms with Crippen molar-refractivity contribution in [2.75, 3.05) is 28.2 Å². The molecule has 2 bridgehead atoms. The van der Waals surface area contributed by atoms with Crippen LogP contribution < -0.4 is 15.1 Å². The van der Waals surface area contributed by atoms with Crippen LogP contribution >= 0.6 is 23.2 Å². The van der Waals surface area contributed by atoms with Crippen LogP contribution in [-0.4, -0.2) is 45.5 Å². The number of pyridine rings is 1. The summed E-state index contributed by atoms with van der Waals surface area (Å²) in [6.07, 6.45) is 4.70. The minimum absolute atomic E-state index is 0.146. The average molecular weight is 429 g/mol. The molecule has 0 amide bonds. The standard InChI is InChI=1S/C20H18Cl2N6O/c21-13-7-12(8-14(22)9-13)16-1-2-17-19(25-16)28(15-3-6-27(17)11-15)20(29)26-18-10-23-4-5-24-18/h1-2,4-5,7-10,15,20,29H,3,6,11H2,(H,24,26)/t15-,20?/m0/s1. The number of benzene rings is 1. The van der Waals surface area contributed by atoms with Gasteiger partial charge in [0.2, 0.25) is 6.35 Å². The number of aliphatic hydroxyl groups excluding tert-OH is 1. The van der Waals surface area contributed by atoms with Crippen LogP contribution in [0.5, 0.6) is 0 Å². The Labute approximate surface area is 177 Å². The second kappa shape index (κ2) is 7.33. The molecule has 1 saturated heterocycles. The third-order valence-corrected chi connectivity index (χ3v) is 5.69. The number of rotatable bonds is 4. The van der Waals surface area contributed by atoms with Crippen molar-refractivity contribution in [3.63, 3.8) is 0 Å². The molecule has 2 N–H and O–H groups in total. The van der Waals surface area contributed by atoms with Crippen LogP contribution in [0.1, 0.15) is 6.42 Å². The zero-order valence-electron chi connectivity index (χ0n) is 15.3. The molecule has 7 nitrogen and oxygen atoms in total. The fraction of sp³-hybridized carbons (Fsp3) is 0.250. The monoisotopic (exact) mass is 428 g/mol. The summed E-state index contributed by atoms with van der Waals surface area (Å²) in [5.74, 6) is 1.22. The zero-order valence-corrected chi connectivity index (χ0v) is 16.8. The Morgan fingerprint density at radius 2 is 1.97 bits per heavy atom. The third-order valence-electron chi connectivity index (χ3n) is 5.26. The van der Waals surface area contributed by atoms with Gasteiger partial charge in [-0.05, 0) is 36.8 Å². The first-order valence-electron chi connectivity index (χ1n) is 9.30. The second-order valence-electron chi connectivity index (χ2n) is 7.10. The molecule has 148 valence electrons. The highest BCUT2D eigenvalue weighted by atomic mass is 35.5. The van der Waals surface area contributed by atoms with Crippen molar-refractivity contribution >= 4 is 40.5 Å². The van der Waals surface area contributed by atoms with Gasteiger partial charge in [0.15, 0.2) is 5.82 Å². The van der Waals surface area contributed by atoms with Gasteiger partial charge in [-0.25, -0.2) is 9.97 Å². The Morgan fingerprint density at radius 3 is 2.72 bits per heavy atom. The normalized spacial score (nSPS) is 18.5. The molecule has 29 heavy (non-hydrogen) atoms. The number of nitrogens with one attached hydrogen (secondary N) is 1. The van der Waals surface area contributed by atoms with Crippen molar-refractivity contribution in [1.82, 2.24) is 15.0 Å². The SMILES string of the molecule is OC(Nc1cnccn1)N1c2nc(-c3cc(Cl)cc(Cl)c3)ccc2N2CC[C@H]1C2. The smallest absolute Gasteiger partial charge is 0.208 e. The molecular weight excluding hydrogens is 411 g/mol. The van der Waals surface area contributed by atoms with Gasteiger partial charge in [-0.3, -0.25) is 4.98 Å². The number of aromatic nitrogens is 3. The zero-order chi connectivity index (χ0) is 20.0. The van der Waals surface area contributed by atoms with Crippen LogP contribution in [-0.2, 0) is 0 Å². The van der Waals surface area contributed by atoms with Crippen molar-refractivity contribution in [1.29, 1.82) is 0 Å². The fourth-order valence-electron chi connectivity index (χ4n) is 3.99. The molecule has 4 heterocycles. The summed E-state index contributed by atoms with van der Waals surface area (Å²) in [7, 11) is 0. The minimum Gasteiger partial charge on any atom is -0.366 e. The Kier molecular flexibility index (Phi) is 4.66. The number of hydrogen-bond acceptors (Lipinski definition) is 7. The highest BCUT2D eigenvalue weighted by Gasteiger charge is 2.40. The Balaban J connectivity index is 1.54. The van der Waals surface area contributed by atoms with E-state index in [0.29, 0.717) is 15.9 Å². The lowest BCUT2D eigenvalue weighted by atomic mass is 10.1. The second-order valence-corrected chi connectivity index (χ2v) is 7.97. The molecule has 2 atom stereocenters. The van der Waals surface area contributed by atoms with Crippen LogP contribution in [0, 0.1) is 0 Å². The summed E-state index contributed by atoms with van der Waals surface area (Å²) >= 11 is 12.4. The number of fused-ring (bicyclic) bond motifs is 4. The molecule has 2 aliphatic heterocycles. The van der Waals surface area contributed by atoms with Crippen LogP contribution in [0.4, 0.5) is 17.3 Å². The van der Waals surface area contributed by atoms with Crippen LogP contribution in [0.2, 0.25) is 10.0 Å². The molecule has 0 aliphatic carbocycles. The largest absolute Gasteiger partial charge is 0.366 e. The van der Waals surface area contributed by atoms with E-state index >= 15 is 0 Å². The van der Waals surface area contributed by atoms with Crippen molar-refractivity contribution in [3.05, 3.63) is 59.0 Å². The molecule has 0 saturated carbocycles. The quantitative estimate of drug-likeness (QED) is 0.614. The predicted octanol–water partition coefficient (Wildman–Crippen LogP) is 3.63. The summed E-state index contributed by atoms with van der Waals surface area (Å²) in [5, 5.41) is 15.1. The highest BCUT2D eigenvalue weighted by Crippen LogP contribution is 2.41. The highest BCUT2D eigenvalue weighted by molar-refractivity contribution is 6.35. The lowest BCUT2D eigenvalue weighted by Gasteiger charge is -2.40. The van der Waals surface area contributed by atoms with Crippen molar-refractivity contribution < 1.29 is 5.11 Å². The van der Waals surface area contributed by atoms with Gasteiger partial charge in [-0.2, -0.15) is 0 Å². The Bertz CT molecular complexity index is 1030. The topological polar surface area (TPSA) is 77.4 Å². The average Bonchev–Trinajstić information content (AvgIpc) is 3.12. The van der Waals surface area contributed by atoms with Crippen molar-refractivity contribution in [3.8, 4) is 11.3 Å². The molecule has 2 aromatic heterocycles. The van der Waals surface area contributed by atoms with Gasteiger partial charge in [0.25, 0.3) is 0 Å². The van der Waals surface area contributed by atoms with Crippen molar-refractivity contribution in [2.45, 2.75) is 18.8 Å². The number of nitrogens with zero attached hydrogens (tertiary/aromatic N) is 5. The van der Waals surface area contributed by atoms with Crippen molar-refractivity contribution in [2.24, 2.45) is 0 Å². The lowest BCUT2D eigenvalue weighted by molar-refractivity contribution is 0.184. The van der Waals surface area contributed by atoms with E-state index < -0.39 is 6.35 Å². The van der Waals surface area contributed by atoms with Gasteiger partial charge >= 0.3 is 0 Å². The first kappa shape index (κ1) is 18.4. The van der Waals surface area contributed by atoms with E-state index in [-0.39, 0.29) is 6.04 Å². The van der Waals surface area contributed by atoms with Crippen LogP contribution in [0.15, 0.2) is 48.9 Å². The number of anilines is 3. The number of aliphatic hydroxyl groups is 1. The minimum atomic E-state index is -0.985. The maximum Gasteiger partial charge on any atom is 0.208 e. The van der Waals surface area contributed by atoms with Crippen LogP contribution in [0.3, 0.4) is 0 Å². The van der Waals surface area contributed by atoms with E-state index in [4.69, 9.17) is 28.2 Å². The molecule has 1 aromatic carbocycles. The summed E-state index contributed by atoms with van der Waals surface area (Å²) in [5.41, 5.74) is 2.57. The third kappa shape index (κ3) is 3.46. The molecule has 3 aromatic rings. The van der Waals surface area contributed by atoms with Gasteiger partial charge in [0, 0.05) is 41.1 Å². The maximum atomic E-state index is 11.0. The summed E-state index contributed by atoms with van der Waals surface area (Å²) < 4.78 is 0. The van der Waals surface area contributed by atoms with Gasteiger partial charge in [0.1, 0.15) is 5.82 Å². The molecule has 1 fully saturated rings. The number of hydrogen-bond donors (Lipinski definition) is 2. The maximum absolute atomic E-state index is 11.0. The van der Waals surface area contributed by atoms with Gasteiger partial charge < -0.3 is 20.2 Å². The fourth-order valence-corrected chi connectivity index (χ4v) is 4.52. The van der Waals surface area contributed by atoms with E-state index in [9.17, 15) is 5.11 Å². The van der Waals surface area contributed by atoms with E-state index in [0.717, 1.165) is 42.3 Å². The van der Waals surface area contributed by atoms with Gasteiger partial charge in [0.05, 0.1) is 23.6 Å². The summed E-state index contributed by atoms with van der Waals surface area (Å²) in [4.78, 5) is 17.3. The van der Waals surface area contributed by atoms with E-state index in [1.165, 1.54) is 0 Å². The number of halogens is 2. The lowest BCUT2D eigenvalue weighted by Crippen LogP contribution is -2.51. The predicted molar refractivity (Wildman–Crippen MR) is 114 cm³/mol. The van der Waals surface area contributed by atoms with Crippen LogP contribution in [0.25, 0.3) is 11.3 Å². The molecule has 9 heteroatoms. The first-order valence-corrected chi connectivity index (χ1v) is 10.1.